The molecule has 0 amide bonds. The van der Waals surface area contributed by atoms with Gasteiger partial charge in [0.25, 0.3) is 0 Å². The molecule has 29 heavy (non-hydrogen) atoms. The number of rotatable bonds is 9. The van der Waals surface area contributed by atoms with Crippen LogP contribution in [0.25, 0.3) is 0 Å². The average Bonchev–Trinajstić information content (AvgIpc) is 3.09. The first-order chi connectivity index (χ1) is 14.1. The molecule has 0 saturated heterocycles. The molecule has 0 aliphatic carbocycles. The van der Waals surface area contributed by atoms with Crippen LogP contribution in [0.3, 0.4) is 0 Å². The number of halogens is 1. The van der Waals surface area contributed by atoms with Crippen LogP contribution < -0.4 is 9.47 Å². The Bertz CT molecular complexity index is 1050. The Morgan fingerprint density at radius 3 is 2.83 bits per heavy atom. The third-order valence-electron chi connectivity index (χ3n) is 4.32. The van der Waals surface area contributed by atoms with Crippen LogP contribution >= 0.6 is 23.8 Å². The maximum absolute atomic E-state index is 6.21. The van der Waals surface area contributed by atoms with Gasteiger partial charge in [-0.25, -0.2) is 0 Å². The highest BCUT2D eigenvalue weighted by molar-refractivity contribution is 7.71. The number of methoxy groups -OCH3 is 1. The van der Waals surface area contributed by atoms with Gasteiger partial charge in [-0.15, -0.1) is 0 Å². The van der Waals surface area contributed by atoms with E-state index in [2.05, 4.69) is 22.2 Å². The molecule has 0 spiro atoms. The summed E-state index contributed by atoms with van der Waals surface area (Å²) in [6.07, 6.45) is 4.64. The largest absolute Gasteiger partial charge is 0.493 e. The second-order valence-electron chi connectivity index (χ2n) is 6.40. The first-order valence-electron chi connectivity index (χ1n) is 9.37. The SMILES string of the molecule is CCCCc1n[nH]c(=S)n1/N=C/c1ccc(OC)c(OCc2ccccc2Cl)c1. The number of benzene rings is 2. The quantitative estimate of drug-likeness (QED) is 0.364. The minimum Gasteiger partial charge on any atom is -0.493 e. The number of unbranched alkanes of at least 4 members (excludes halogenated alkanes) is 1. The Labute approximate surface area is 180 Å². The highest BCUT2D eigenvalue weighted by Gasteiger charge is 2.08. The summed E-state index contributed by atoms with van der Waals surface area (Å²) in [5.74, 6) is 2.06. The van der Waals surface area contributed by atoms with Crippen LogP contribution in [0.1, 0.15) is 36.7 Å². The van der Waals surface area contributed by atoms with Crippen molar-refractivity contribution in [2.24, 2.45) is 5.10 Å². The lowest BCUT2D eigenvalue weighted by Gasteiger charge is -2.12. The van der Waals surface area contributed by atoms with Gasteiger partial charge >= 0.3 is 0 Å². The van der Waals surface area contributed by atoms with Gasteiger partial charge < -0.3 is 9.47 Å². The van der Waals surface area contributed by atoms with Gasteiger partial charge in [-0.2, -0.15) is 14.9 Å². The highest BCUT2D eigenvalue weighted by atomic mass is 35.5. The number of nitrogens with one attached hydrogen (secondary N) is 1. The van der Waals surface area contributed by atoms with E-state index >= 15 is 0 Å². The fourth-order valence-electron chi connectivity index (χ4n) is 2.72. The van der Waals surface area contributed by atoms with Gasteiger partial charge in [-0.3, -0.25) is 5.10 Å². The molecule has 3 rings (SSSR count). The first kappa shape index (κ1) is 21.1. The molecular weight excluding hydrogens is 408 g/mol. The molecule has 0 saturated carbocycles. The van der Waals surface area contributed by atoms with E-state index in [9.17, 15) is 0 Å². The molecule has 0 fully saturated rings. The zero-order valence-electron chi connectivity index (χ0n) is 16.4. The lowest BCUT2D eigenvalue weighted by atomic mass is 10.2. The Kier molecular flexibility index (Phi) is 7.43. The summed E-state index contributed by atoms with van der Waals surface area (Å²) in [6.45, 7) is 2.47. The average molecular weight is 431 g/mol. The summed E-state index contributed by atoms with van der Waals surface area (Å²) in [5.41, 5.74) is 1.75. The summed E-state index contributed by atoms with van der Waals surface area (Å²) in [7, 11) is 1.61. The summed E-state index contributed by atoms with van der Waals surface area (Å²) in [5, 5.41) is 12.2. The van der Waals surface area contributed by atoms with Crippen molar-refractivity contribution in [3.8, 4) is 11.5 Å². The van der Waals surface area contributed by atoms with Gasteiger partial charge in [0.2, 0.25) is 4.77 Å². The number of nitrogens with zero attached hydrogens (tertiary/aromatic N) is 3. The predicted molar refractivity (Wildman–Crippen MR) is 118 cm³/mol. The monoisotopic (exact) mass is 430 g/mol. The smallest absolute Gasteiger partial charge is 0.216 e. The van der Waals surface area contributed by atoms with E-state index in [1.165, 1.54) is 0 Å². The van der Waals surface area contributed by atoms with Crippen LogP contribution in [0.2, 0.25) is 5.02 Å². The molecule has 2 aromatic carbocycles. The van der Waals surface area contributed by atoms with Crippen LogP contribution in [0.5, 0.6) is 11.5 Å². The number of H-pyrrole nitrogens is 1. The summed E-state index contributed by atoms with van der Waals surface area (Å²) in [4.78, 5) is 0. The Morgan fingerprint density at radius 2 is 2.07 bits per heavy atom. The second-order valence-corrected chi connectivity index (χ2v) is 7.19. The molecular formula is C21H23ClN4O2S. The molecule has 0 aliphatic rings. The lowest BCUT2D eigenvalue weighted by Crippen LogP contribution is -2.01. The molecule has 0 atom stereocenters. The predicted octanol–water partition coefficient (Wildman–Crippen LogP) is 5.41. The Balaban J connectivity index is 1.80. The standard InChI is InChI=1S/C21H23ClN4O2S/c1-3-4-9-20-24-25-21(29)26(20)23-13-15-10-11-18(27-2)19(12-15)28-14-16-7-5-6-8-17(16)22/h5-8,10-13H,3-4,9,14H2,1-2H3,(H,25,29)/b23-13+. The van der Waals surface area contributed by atoms with Crippen molar-refractivity contribution < 1.29 is 9.47 Å². The van der Waals surface area contributed by atoms with Crippen LogP contribution in [0.15, 0.2) is 47.6 Å². The summed E-state index contributed by atoms with van der Waals surface area (Å²) < 4.78 is 13.5. The second kappa shape index (κ2) is 10.2. The molecule has 1 N–H and O–H groups in total. The van der Waals surface area contributed by atoms with Crippen LogP contribution in [0.4, 0.5) is 0 Å². The number of aromatic amines is 1. The van der Waals surface area contributed by atoms with E-state index in [-0.39, 0.29) is 0 Å². The summed E-state index contributed by atoms with van der Waals surface area (Å²) >= 11 is 11.5. The third kappa shape index (κ3) is 5.46. The van der Waals surface area contributed by atoms with Gasteiger partial charge in [0.05, 0.1) is 13.3 Å². The van der Waals surface area contributed by atoms with Crippen molar-refractivity contribution in [3.63, 3.8) is 0 Å². The van der Waals surface area contributed by atoms with Gasteiger partial charge in [0.15, 0.2) is 17.3 Å². The Hall–Kier alpha value is -2.64. The van der Waals surface area contributed by atoms with Crippen LogP contribution in [-0.2, 0) is 13.0 Å². The van der Waals surface area contributed by atoms with Crippen LogP contribution in [-0.4, -0.2) is 28.2 Å². The molecule has 0 radical (unpaired) electrons. The van der Waals surface area contributed by atoms with E-state index in [4.69, 9.17) is 33.3 Å². The number of aromatic nitrogens is 3. The van der Waals surface area contributed by atoms with E-state index in [0.717, 1.165) is 36.2 Å². The van der Waals surface area contributed by atoms with Gasteiger partial charge in [0.1, 0.15) is 6.61 Å². The maximum atomic E-state index is 6.21. The third-order valence-corrected chi connectivity index (χ3v) is 4.96. The van der Waals surface area contributed by atoms with E-state index < -0.39 is 0 Å². The van der Waals surface area contributed by atoms with Crippen molar-refractivity contribution in [3.05, 3.63) is 69.2 Å². The molecule has 0 bridgehead atoms. The van der Waals surface area contributed by atoms with Crippen molar-refractivity contribution in [1.82, 2.24) is 14.9 Å². The molecule has 0 unspecified atom stereocenters. The van der Waals surface area contributed by atoms with E-state index in [0.29, 0.717) is 27.9 Å². The van der Waals surface area contributed by atoms with Gasteiger partial charge in [-0.05, 0) is 48.5 Å². The molecule has 1 aromatic heterocycles. The minimum absolute atomic E-state index is 0.338. The Morgan fingerprint density at radius 1 is 1.24 bits per heavy atom. The number of hydrogen-bond donors (Lipinski definition) is 1. The van der Waals surface area contributed by atoms with Gasteiger partial charge in [-0.1, -0.05) is 43.1 Å². The van der Waals surface area contributed by atoms with E-state index in [1.54, 1.807) is 18.0 Å². The number of hydrogen-bond acceptors (Lipinski definition) is 5. The number of aryl methyl sites for hydroxylation is 1. The minimum atomic E-state index is 0.338. The fraction of sp³-hybridized carbons (Fsp3) is 0.286. The topological polar surface area (TPSA) is 64.4 Å². The molecule has 0 aliphatic heterocycles. The molecule has 3 aromatic rings. The first-order valence-corrected chi connectivity index (χ1v) is 10.2. The molecule has 8 heteroatoms. The van der Waals surface area contributed by atoms with Crippen molar-refractivity contribution in [2.45, 2.75) is 32.8 Å². The molecule has 6 nitrogen and oxygen atoms in total. The zero-order valence-corrected chi connectivity index (χ0v) is 18.0. The lowest BCUT2D eigenvalue weighted by molar-refractivity contribution is 0.284. The highest BCUT2D eigenvalue weighted by Crippen LogP contribution is 2.29. The summed E-state index contributed by atoms with van der Waals surface area (Å²) in [6, 6.07) is 13.2. The molecule has 1 heterocycles. The van der Waals surface area contributed by atoms with E-state index in [1.807, 2.05) is 42.5 Å². The van der Waals surface area contributed by atoms with Crippen molar-refractivity contribution in [2.75, 3.05) is 7.11 Å². The van der Waals surface area contributed by atoms with Crippen LogP contribution in [0, 0.1) is 4.77 Å². The number of ether oxygens (including phenoxy) is 2. The molecule has 152 valence electrons. The van der Waals surface area contributed by atoms with Gasteiger partial charge in [0, 0.05) is 17.0 Å². The zero-order chi connectivity index (χ0) is 20.6. The normalized spacial score (nSPS) is 11.1. The fourth-order valence-corrected chi connectivity index (χ4v) is 3.11. The van der Waals surface area contributed by atoms with Crippen molar-refractivity contribution in [1.29, 1.82) is 0 Å². The maximum Gasteiger partial charge on any atom is 0.216 e. The van der Waals surface area contributed by atoms with Crippen molar-refractivity contribution >= 4 is 30.0 Å².